The Hall–Kier alpha value is -4.29. The number of esters is 1. The summed E-state index contributed by atoms with van der Waals surface area (Å²) in [5.41, 5.74) is 3.52. The maximum Gasteiger partial charge on any atom is 0.306 e. The zero-order valence-corrected chi connectivity index (χ0v) is 29.1. The summed E-state index contributed by atoms with van der Waals surface area (Å²) >= 11 is 0. The first-order chi connectivity index (χ1) is 22.8. The van der Waals surface area contributed by atoms with Gasteiger partial charge in [-0.2, -0.15) is 0 Å². The van der Waals surface area contributed by atoms with E-state index in [4.69, 9.17) is 9.16 Å². The van der Waals surface area contributed by atoms with Crippen molar-refractivity contribution in [1.29, 1.82) is 0 Å². The molecule has 5 aromatic rings. The van der Waals surface area contributed by atoms with Crippen LogP contribution in [0.3, 0.4) is 0 Å². The van der Waals surface area contributed by atoms with Crippen LogP contribution in [0.1, 0.15) is 49.8 Å². The summed E-state index contributed by atoms with van der Waals surface area (Å²) in [5.74, 6) is -0.400. The van der Waals surface area contributed by atoms with Crippen LogP contribution in [0.2, 0.25) is 5.04 Å². The fourth-order valence-corrected chi connectivity index (χ4v) is 11.4. The standard InChI is InChI=1S/C42H47NO3Si/c1-42(2,3)47(37-26-16-8-17-27-37,38-28-18-9-19-29-38)46-33-40(39(30-41(44)45-4)36-24-14-7-15-25-36)43(31-34-20-10-5-11-21-34)32-35-22-12-6-13-23-35/h5-29,39-40H,30-33H2,1-4H3/t39-,40+/m1/s1. The number of rotatable bonds is 14. The molecule has 4 nitrogen and oxygen atoms in total. The number of carbonyl (C=O) groups excluding carboxylic acids is 1. The van der Waals surface area contributed by atoms with Crippen molar-refractivity contribution in [1.82, 2.24) is 4.90 Å². The molecule has 5 heteroatoms. The van der Waals surface area contributed by atoms with E-state index in [1.807, 2.05) is 6.07 Å². The topological polar surface area (TPSA) is 38.8 Å². The van der Waals surface area contributed by atoms with Crippen LogP contribution < -0.4 is 10.4 Å². The number of methoxy groups -OCH3 is 1. The van der Waals surface area contributed by atoms with Crippen LogP contribution in [0.4, 0.5) is 0 Å². The van der Waals surface area contributed by atoms with E-state index in [2.05, 4.69) is 171 Å². The number of ether oxygens (including phenoxy) is 1. The zero-order chi connectivity index (χ0) is 33.1. The first kappa shape index (κ1) is 34.1. The van der Waals surface area contributed by atoms with Crippen molar-refractivity contribution in [2.24, 2.45) is 0 Å². The number of hydrogen-bond donors (Lipinski definition) is 0. The highest BCUT2D eigenvalue weighted by atomic mass is 28.4. The minimum absolute atomic E-state index is 0.154. The summed E-state index contributed by atoms with van der Waals surface area (Å²) in [4.78, 5) is 15.7. The van der Waals surface area contributed by atoms with E-state index in [0.29, 0.717) is 19.7 Å². The van der Waals surface area contributed by atoms with E-state index >= 15 is 0 Å². The molecule has 242 valence electrons. The Balaban J connectivity index is 1.68. The molecule has 0 aliphatic heterocycles. The molecular weight excluding hydrogens is 595 g/mol. The van der Waals surface area contributed by atoms with Crippen LogP contribution in [-0.4, -0.2) is 38.9 Å². The molecule has 0 fully saturated rings. The second-order valence-electron chi connectivity index (χ2n) is 13.2. The van der Waals surface area contributed by atoms with E-state index < -0.39 is 8.32 Å². The first-order valence-corrected chi connectivity index (χ1v) is 18.4. The van der Waals surface area contributed by atoms with Crippen LogP contribution in [0, 0.1) is 0 Å². The molecule has 0 radical (unpaired) electrons. The van der Waals surface area contributed by atoms with Gasteiger partial charge in [-0.1, -0.05) is 172 Å². The molecule has 0 spiro atoms. The zero-order valence-electron chi connectivity index (χ0n) is 28.1. The Morgan fingerprint density at radius 2 is 1.04 bits per heavy atom. The van der Waals surface area contributed by atoms with E-state index in [0.717, 1.165) is 5.56 Å². The summed E-state index contributed by atoms with van der Waals surface area (Å²) in [6, 6.07) is 53.0. The number of hydrogen-bond acceptors (Lipinski definition) is 4. The van der Waals surface area contributed by atoms with E-state index in [-0.39, 0.29) is 29.4 Å². The Kier molecular flexibility index (Phi) is 11.6. The summed E-state index contributed by atoms with van der Waals surface area (Å²) in [7, 11) is -1.40. The van der Waals surface area contributed by atoms with Gasteiger partial charge in [0.25, 0.3) is 8.32 Å². The molecule has 5 aromatic carbocycles. The molecule has 2 atom stereocenters. The average Bonchev–Trinajstić information content (AvgIpc) is 3.10. The van der Waals surface area contributed by atoms with Crippen molar-refractivity contribution in [3.8, 4) is 0 Å². The number of carbonyl (C=O) groups is 1. The second kappa shape index (κ2) is 16.0. The highest BCUT2D eigenvalue weighted by molar-refractivity contribution is 6.99. The molecule has 0 unspecified atom stereocenters. The lowest BCUT2D eigenvalue weighted by Crippen LogP contribution is -2.67. The lowest BCUT2D eigenvalue weighted by Gasteiger charge is -2.46. The second-order valence-corrected chi connectivity index (χ2v) is 17.5. The van der Waals surface area contributed by atoms with Crippen molar-refractivity contribution < 1.29 is 14.0 Å². The predicted molar refractivity (Wildman–Crippen MR) is 195 cm³/mol. The molecule has 5 rings (SSSR count). The normalized spacial score (nSPS) is 13.2. The third-order valence-corrected chi connectivity index (χ3v) is 14.1. The lowest BCUT2D eigenvalue weighted by atomic mass is 9.87. The minimum Gasteiger partial charge on any atom is -0.469 e. The molecule has 0 saturated carbocycles. The third-order valence-electron chi connectivity index (χ3n) is 9.12. The molecule has 0 heterocycles. The molecule has 47 heavy (non-hydrogen) atoms. The SMILES string of the molecule is COC(=O)C[C@H](c1ccccc1)[C@H](CO[Si](c1ccccc1)(c1ccccc1)C(C)(C)C)N(Cc1ccccc1)Cc1ccccc1. The Morgan fingerprint density at radius 1 is 0.638 bits per heavy atom. The van der Waals surface area contributed by atoms with Crippen LogP contribution in [0.25, 0.3) is 0 Å². The van der Waals surface area contributed by atoms with Gasteiger partial charge in [0.1, 0.15) is 0 Å². The Morgan fingerprint density at radius 3 is 1.45 bits per heavy atom. The molecule has 0 bridgehead atoms. The van der Waals surface area contributed by atoms with Crippen LogP contribution >= 0.6 is 0 Å². The van der Waals surface area contributed by atoms with Gasteiger partial charge in [-0.15, -0.1) is 0 Å². The van der Waals surface area contributed by atoms with Crippen molar-refractivity contribution in [2.45, 2.75) is 57.3 Å². The van der Waals surface area contributed by atoms with Gasteiger partial charge in [-0.25, -0.2) is 0 Å². The quantitative estimate of drug-likeness (QED) is 0.0911. The molecule has 0 aromatic heterocycles. The van der Waals surface area contributed by atoms with Gasteiger partial charge in [0, 0.05) is 25.0 Å². The fourth-order valence-electron chi connectivity index (χ4n) is 6.81. The minimum atomic E-state index is -2.88. The summed E-state index contributed by atoms with van der Waals surface area (Å²) < 4.78 is 13.0. The van der Waals surface area contributed by atoms with Gasteiger partial charge in [0.05, 0.1) is 20.1 Å². The number of nitrogens with zero attached hydrogens (tertiary/aromatic N) is 1. The van der Waals surface area contributed by atoms with Crippen LogP contribution in [0.5, 0.6) is 0 Å². The molecule has 0 amide bonds. The summed E-state index contributed by atoms with van der Waals surface area (Å²) in [6.07, 6.45) is 0.245. The van der Waals surface area contributed by atoms with Gasteiger partial charge >= 0.3 is 5.97 Å². The molecular formula is C42H47NO3Si. The Labute approximate surface area is 282 Å². The van der Waals surface area contributed by atoms with E-state index in [1.165, 1.54) is 28.6 Å². The van der Waals surface area contributed by atoms with Gasteiger partial charge < -0.3 is 9.16 Å². The van der Waals surface area contributed by atoms with Crippen molar-refractivity contribution in [2.75, 3.05) is 13.7 Å². The van der Waals surface area contributed by atoms with Crippen LogP contribution in [0.15, 0.2) is 152 Å². The van der Waals surface area contributed by atoms with E-state index in [1.54, 1.807) is 0 Å². The highest BCUT2D eigenvalue weighted by Crippen LogP contribution is 2.38. The summed E-state index contributed by atoms with van der Waals surface area (Å²) in [5, 5.41) is 2.29. The molecule has 0 saturated heterocycles. The Bertz CT molecular complexity index is 1560. The molecule has 0 aliphatic rings. The van der Waals surface area contributed by atoms with E-state index in [9.17, 15) is 4.79 Å². The van der Waals surface area contributed by atoms with Gasteiger partial charge in [0.15, 0.2) is 0 Å². The smallest absolute Gasteiger partial charge is 0.306 e. The third kappa shape index (κ3) is 8.36. The van der Waals surface area contributed by atoms with Gasteiger partial charge in [-0.05, 0) is 32.1 Å². The van der Waals surface area contributed by atoms with Crippen molar-refractivity contribution >= 4 is 24.7 Å². The van der Waals surface area contributed by atoms with Crippen LogP contribution in [-0.2, 0) is 27.0 Å². The first-order valence-electron chi connectivity index (χ1n) is 16.5. The monoisotopic (exact) mass is 641 g/mol. The largest absolute Gasteiger partial charge is 0.469 e. The highest BCUT2D eigenvalue weighted by Gasteiger charge is 2.51. The fraction of sp³-hybridized carbons (Fsp3) is 0.262. The molecule has 0 aliphatic carbocycles. The lowest BCUT2D eigenvalue weighted by molar-refractivity contribution is -0.141. The average molecular weight is 642 g/mol. The summed E-state index contributed by atoms with van der Waals surface area (Å²) in [6.45, 7) is 8.77. The predicted octanol–water partition coefficient (Wildman–Crippen LogP) is 7.98. The number of benzene rings is 5. The maximum atomic E-state index is 13.2. The van der Waals surface area contributed by atoms with Gasteiger partial charge in [-0.3, -0.25) is 9.69 Å². The molecule has 0 N–H and O–H groups in total. The maximum absolute atomic E-state index is 13.2. The van der Waals surface area contributed by atoms with Crippen molar-refractivity contribution in [3.63, 3.8) is 0 Å². The van der Waals surface area contributed by atoms with Gasteiger partial charge in [0.2, 0.25) is 0 Å². The van der Waals surface area contributed by atoms with Crippen molar-refractivity contribution in [3.05, 3.63) is 168 Å².